The topological polar surface area (TPSA) is 29.1 Å². The van der Waals surface area contributed by atoms with E-state index in [1.807, 2.05) is 18.2 Å². The van der Waals surface area contributed by atoms with E-state index in [0.717, 1.165) is 19.3 Å². The van der Waals surface area contributed by atoms with Crippen molar-refractivity contribution in [3.8, 4) is 0 Å². The molecule has 1 aromatic rings. The average Bonchev–Trinajstić information content (AvgIpc) is 2.47. The van der Waals surface area contributed by atoms with Crippen LogP contribution in [0, 0.1) is 5.92 Å². The van der Waals surface area contributed by atoms with E-state index in [2.05, 4.69) is 30.1 Å². The van der Waals surface area contributed by atoms with Crippen LogP contribution in [0.4, 0.5) is 0 Å². The molecule has 0 heterocycles. The van der Waals surface area contributed by atoms with E-state index in [9.17, 15) is 4.79 Å². The number of hydrogen-bond acceptors (Lipinski definition) is 2. The Balaban J connectivity index is 1.87. The Morgan fingerprint density at radius 2 is 1.89 bits per heavy atom. The fourth-order valence-corrected chi connectivity index (χ4v) is 3.00. The molecule has 0 radical (unpaired) electrons. The van der Waals surface area contributed by atoms with Crippen LogP contribution in [0.2, 0.25) is 0 Å². The molecule has 1 N–H and O–H groups in total. The van der Waals surface area contributed by atoms with Crippen LogP contribution in [0.25, 0.3) is 0 Å². The molecule has 1 saturated carbocycles. The number of thiol groups is 1. The lowest BCUT2D eigenvalue weighted by Gasteiger charge is -2.25. The smallest absolute Gasteiger partial charge is 0.224 e. The van der Waals surface area contributed by atoms with Gasteiger partial charge in [-0.05, 0) is 24.8 Å². The minimum absolute atomic E-state index is 0.0207. The van der Waals surface area contributed by atoms with Crippen molar-refractivity contribution in [2.24, 2.45) is 5.92 Å². The van der Waals surface area contributed by atoms with Crippen molar-refractivity contribution < 1.29 is 4.79 Å². The number of rotatable bonds is 5. The maximum atomic E-state index is 12.3. The minimum atomic E-state index is -0.0207. The Kier molecular flexibility index (Phi) is 5.77. The van der Waals surface area contributed by atoms with Gasteiger partial charge in [-0.1, -0.05) is 49.6 Å². The lowest BCUT2D eigenvalue weighted by Crippen LogP contribution is -2.41. The number of hydrogen-bond donors (Lipinski definition) is 2. The Hall–Kier alpha value is -0.960. The number of carbonyl (C=O) groups excluding carboxylic acids is 1. The van der Waals surface area contributed by atoms with Gasteiger partial charge in [-0.25, -0.2) is 0 Å². The zero-order valence-corrected chi connectivity index (χ0v) is 12.2. The highest BCUT2D eigenvalue weighted by Crippen LogP contribution is 2.18. The summed E-state index contributed by atoms with van der Waals surface area (Å²) in [5, 5.41) is 3.20. The summed E-state index contributed by atoms with van der Waals surface area (Å²) in [6.07, 6.45) is 6.85. The van der Waals surface area contributed by atoms with Gasteiger partial charge in [0.2, 0.25) is 5.91 Å². The molecule has 2 nitrogen and oxygen atoms in total. The fourth-order valence-electron chi connectivity index (χ4n) is 2.70. The van der Waals surface area contributed by atoms with Crippen molar-refractivity contribution in [3.63, 3.8) is 0 Å². The summed E-state index contributed by atoms with van der Waals surface area (Å²) in [6, 6.07) is 10.6. The molecule has 1 aliphatic rings. The molecule has 1 atom stereocenters. The summed E-state index contributed by atoms with van der Waals surface area (Å²) in [4.78, 5) is 12.3. The molecule has 0 aromatic heterocycles. The first-order valence-corrected chi connectivity index (χ1v) is 7.88. The molecule has 0 saturated heterocycles. The minimum Gasteiger partial charge on any atom is -0.353 e. The standard InChI is InChI=1S/C16H23NOS/c18-16(17-15-9-5-2-6-10-15)14(12-19)11-13-7-3-1-4-8-13/h1,3-4,7-8,14-15,19H,2,5-6,9-12H2,(H,17,18). The third-order valence-corrected chi connectivity index (χ3v) is 4.31. The SMILES string of the molecule is O=C(NC1CCCCC1)C(CS)Cc1ccccc1. The molecule has 1 amide bonds. The molecule has 1 fully saturated rings. The predicted molar refractivity (Wildman–Crippen MR) is 82.5 cm³/mol. The monoisotopic (exact) mass is 277 g/mol. The Labute approximate surface area is 121 Å². The van der Waals surface area contributed by atoms with E-state index >= 15 is 0 Å². The number of benzene rings is 1. The second-order valence-corrected chi connectivity index (χ2v) is 5.78. The molecule has 19 heavy (non-hydrogen) atoms. The lowest BCUT2D eigenvalue weighted by atomic mass is 9.94. The van der Waals surface area contributed by atoms with Crippen molar-refractivity contribution in [1.29, 1.82) is 0 Å². The van der Waals surface area contributed by atoms with Gasteiger partial charge in [-0.2, -0.15) is 12.6 Å². The second-order valence-electron chi connectivity index (χ2n) is 5.41. The summed E-state index contributed by atoms with van der Waals surface area (Å²) in [6.45, 7) is 0. The first-order chi connectivity index (χ1) is 9.29. The first-order valence-electron chi connectivity index (χ1n) is 7.24. The lowest BCUT2D eigenvalue weighted by molar-refractivity contribution is -0.125. The maximum absolute atomic E-state index is 12.3. The van der Waals surface area contributed by atoms with Crippen LogP contribution >= 0.6 is 12.6 Å². The van der Waals surface area contributed by atoms with Crippen LogP contribution in [-0.4, -0.2) is 17.7 Å². The van der Waals surface area contributed by atoms with Crippen LogP contribution in [0.3, 0.4) is 0 Å². The molecule has 1 aromatic carbocycles. The van der Waals surface area contributed by atoms with E-state index < -0.39 is 0 Å². The van der Waals surface area contributed by atoms with Gasteiger partial charge >= 0.3 is 0 Å². The molecule has 0 spiro atoms. The number of carbonyl (C=O) groups is 1. The number of nitrogens with one attached hydrogen (secondary N) is 1. The fraction of sp³-hybridized carbons (Fsp3) is 0.562. The second kappa shape index (κ2) is 7.59. The molecule has 0 aliphatic heterocycles. The normalized spacial score (nSPS) is 17.9. The molecular weight excluding hydrogens is 254 g/mol. The van der Waals surface area contributed by atoms with E-state index in [1.54, 1.807) is 0 Å². The Morgan fingerprint density at radius 1 is 1.21 bits per heavy atom. The van der Waals surface area contributed by atoms with Crippen LogP contribution in [-0.2, 0) is 11.2 Å². The van der Waals surface area contributed by atoms with Gasteiger partial charge in [-0.15, -0.1) is 0 Å². The molecule has 2 rings (SSSR count). The van der Waals surface area contributed by atoms with Gasteiger partial charge in [-0.3, -0.25) is 4.79 Å². The highest BCUT2D eigenvalue weighted by Gasteiger charge is 2.21. The third-order valence-electron chi connectivity index (χ3n) is 3.87. The van der Waals surface area contributed by atoms with E-state index in [4.69, 9.17) is 0 Å². The summed E-state index contributed by atoms with van der Waals surface area (Å²) < 4.78 is 0. The van der Waals surface area contributed by atoms with Gasteiger partial charge < -0.3 is 5.32 Å². The molecule has 0 bridgehead atoms. The average molecular weight is 277 g/mol. The van der Waals surface area contributed by atoms with Crippen LogP contribution < -0.4 is 5.32 Å². The zero-order valence-electron chi connectivity index (χ0n) is 11.3. The zero-order chi connectivity index (χ0) is 13.5. The van der Waals surface area contributed by atoms with E-state index in [-0.39, 0.29) is 11.8 Å². The van der Waals surface area contributed by atoms with Crippen molar-refractivity contribution in [2.45, 2.75) is 44.6 Å². The molecular formula is C16H23NOS. The summed E-state index contributed by atoms with van der Waals surface area (Å²) in [5.41, 5.74) is 1.21. The van der Waals surface area contributed by atoms with Crippen LogP contribution in [0.5, 0.6) is 0 Å². The molecule has 3 heteroatoms. The summed E-state index contributed by atoms with van der Waals surface area (Å²) in [5.74, 6) is 0.756. The predicted octanol–water partition coefficient (Wildman–Crippen LogP) is 3.22. The third kappa shape index (κ3) is 4.57. The summed E-state index contributed by atoms with van der Waals surface area (Å²) in [7, 11) is 0. The molecule has 104 valence electrons. The van der Waals surface area contributed by atoms with E-state index in [0.29, 0.717) is 11.8 Å². The van der Waals surface area contributed by atoms with Crippen molar-refractivity contribution in [1.82, 2.24) is 5.32 Å². The molecule has 1 aliphatic carbocycles. The van der Waals surface area contributed by atoms with Gasteiger partial charge in [0.05, 0.1) is 5.92 Å². The van der Waals surface area contributed by atoms with Crippen molar-refractivity contribution in [3.05, 3.63) is 35.9 Å². The van der Waals surface area contributed by atoms with Crippen LogP contribution in [0.1, 0.15) is 37.7 Å². The Morgan fingerprint density at radius 3 is 2.53 bits per heavy atom. The van der Waals surface area contributed by atoms with Crippen LogP contribution in [0.15, 0.2) is 30.3 Å². The largest absolute Gasteiger partial charge is 0.353 e. The van der Waals surface area contributed by atoms with Gasteiger partial charge in [0, 0.05) is 11.8 Å². The van der Waals surface area contributed by atoms with Gasteiger partial charge in [0.1, 0.15) is 0 Å². The van der Waals surface area contributed by atoms with Gasteiger partial charge in [0.25, 0.3) is 0 Å². The van der Waals surface area contributed by atoms with Crippen molar-refractivity contribution in [2.75, 3.05) is 5.75 Å². The quantitative estimate of drug-likeness (QED) is 0.795. The number of amides is 1. The van der Waals surface area contributed by atoms with E-state index in [1.165, 1.54) is 24.8 Å². The first kappa shape index (κ1) is 14.4. The maximum Gasteiger partial charge on any atom is 0.224 e. The summed E-state index contributed by atoms with van der Waals surface area (Å²) >= 11 is 4.34. The molecule has 1 unspecified atom stereocenters. The Bertz CT molecular complexity index is 387. The highest BCUT2D eigenvalue weighted by molar-refractivity contribution is 7.80. The highest BCUT2D eigenvalue weighted by atomic mass is 32.1. The van der Waals surface area contributed by atoms with Gasteiger partial charge in [0.15, 0.2) is 0 Å². The van der Waals surface area contributed by atoms with Crippen molar-refractivity contribution >= 4 is 18.5 Å².